The second-order valence-corrected chi connectivity index (χ2v) is 4.55. The maximum Gasteiger partial charge on any atom is 0.258 e. The van der Waals surface area contributed by atoms with Gasteiger partial charge in [-0.25, -0.2) is 4.98 Å². The number of hydrogen-bond donors (Lipinski definition) is 2. The molecule has 0 aliphatic heterocycles. The third-order valence-corrected chi connectivity index (χ3v) is 2.98. The Morgan fingerprint density at radius 3 is 3.05 bits per heavy atom. The Hall–Kier alpha value is -2.30. The number of nitrogens with one attached hydrogen (secondary N) is 2. The van der Waals surface area contributed by atoms with Gasteiger partial charge in [-0.3, -0.25) is 4.79 Å². The van der Waals surface area contributed by atoms with Crippen LogP contribution in [0.15, 0.2) is 36.7 Å². The Labute approximate surface area is 118 Å². The lowest BCUT2D eigenvalue weighted by molar-refractivity contribution is -0.123. The highest BCUT2D eigenvalue weighted by Gasteiger charge is 2.11. The Balaban J connectivity index is 1.83. The average molecular weight is 273 g/mol. The Kier molecular flexibility index (Phi) is 4.76. The van der Waals surface area contributed by atoms with Crippen LogP contribution in [0.3, 0.4) is 0 Å². The van der Waals surface area contributed by atoms with Crippen LogP contribution in [0.25, 0.3) is 0 Å². The normalized spacial score (nSPS) is 11.9. The second kappa shape index (κ2) is 6.75. The molecule has 0 fully saturated rings. The number of rotatable bonds is 6. The average Bonchev–Trinajstić information content (AvgIpc) is 2.99. The number of amides is 1. The molecule has 5 heteroatoms. The SMILES string of the molecule is CCc1cccc(OCC(=O)NC(C)c2ncc[nH]2)c1. The lowest BCUT2D eigenvalue weighted by Crippen LogP contribution is -2.31. The summed E-state index contributed by atoms with van der Waals surface area (Å²) in [5.41, 5.74) is 1.19. The monoisotopic (exact) mass is 273 g/mol. The Morgan fingerprint density at radius 1 is 1.50 bits per heavy atom. The maximum absolute atomic E-state index is 11.8. The topological polar surface area (TPSA) is 67.0 Å². The largest absolute Gasteiger partial charge is 0.484 e. The summed E-state index contributed by atoms with van der Waals surface area (Å²) in [5, 5.41) is 2.82. The number of H-pyrrole nitrogens is 1. The fourth-order valence-electron chi connectivity index (χ4n) is 1.87. The highest BCUT2D eigenvalue weighted by molar-refractivity contribution is 5.77. The molecule has 1 amide bonds. The van der Waals surface area contributed by atoms with Gasteiger partial charge < -0.3 is 15.0 Å². The quantitative estimate of drug-likeness (QED) is 0.848. The summed E-state index contributed by atoms with van der Waals surface area (Å²) in [6, 6.07) is 7.60. The number of carbonyl (C=O) groups is 1. The summed E-state index contributed by atoms with van der Waals surface area (Å²) in [6.07, 6.45) is 4.33. The number of aromatic amines is 1. The molecule has 5 nitrogen and oxygen atoms in total. The molecule has 0 bridgehead atoms. The van der Waals surface area contributed by atoms with Crippen LogP contribution in [-0.4, -0.2) is 22.5 Å². The van der Waals surface area contributed by atoms with E-state index in [1.165, 1.54) is 5.56 Å². The minimum atomic E-state index is -0.171. The number of ether oxygens (including phenoxy) is 1. The highest BCUT2D eigenvalue weighted by atomic mass is 16.5. The zero-order valence-corrected chi connectivity index (χ0v) is 11.7. The number of nitrogens with zero attached hydrogens (tertiary/aromatic N) is 1. The molecule has 1 aromatic heterocycles. The molecule has 20 heavy (non-hydrogen) atoms. The summed E-state index contributed by atoms with van der Waals surface area (Å²) < 4.78 is 5.49. The molecule has 2 aromatic rings. The first kappa shape index (κ1) is 14.1. The van der Waals surface area contributed by atoms with Gasteiger partial charge in [0.15, 0.2) is 6.61 Å². The summed E-state index contributed by atoms with van der Waals surface area (Å²) in [4.78, 5) is 18.9. The van der Waals surface area contributed by atoms with E-state index in [2.05, 4.69) is 22.2 Å². The van der Waals surface area contributed by atoms with Crippen molar-refractivity contribution in [1.82, 2.24) is 15.3 Å². The van der Waals surface area contributed by atoms with E-state index in [1.807, 2.05) is 31.2 Å². The van der Waals surface area contributed by atoms with Gasteiger partial charge in [0.25, 0.3) is 5.91 Å². The first-order valence-electron chi connectivity index (χ1n) is 6.69. The third-order valence-electron chi connectivity index (χ3n) is 2.98. The van der Waals surface area contributed by atoms with E-state index in [4.69, 9.17) is 4.74 Å². The van der Waals surface area contributed by atoms with Crippen LogP contribution in [0.1, 0.15) is 31.3 Å². The number of hydrogen-bond acceptors (Lipinski definition) is 3. The van der Waals surface area contributed by atoms with Crippen molar-refractivity contribution in [2.24, 2.45) is 0 Å². The smallest absolute Gasteiger partial charge is 0.258 e. The highest BCUT2D eigenvalue weighted by Crippen LogP contribution is 2.13. The first-order valence-corrected chi connectivity index (χ1v) is 6.69. The third kappa shape index (κ3) is 3.85. The lowest BCUT2D eigenvalue weighted by atomic mass is 10.2. The van der Waals surface area contributed by atoms with Crippen molar-refractivity contribution in [2.75, 3.05) is 6.61 Å². The molecule has 0 radical (unpaired) electrons. The maximum atomic E-state index is 11.8. The summed E-state index contributed by atoms with van der Waals surface area (Å²) in [6.45, 7) is 3.95. The van der Waals surface area contributed by atoms with Crippen molar-refractivity contribution in [3.63, 3.8) is 0 Å². The van der Waals surface area contributed by atoms with Gasteiger partial charge in [0.1, 0.15) is 11.6 Å². The van der Waals surface area contributed by atoms with Gasteiger partial charge in [-0.05, 0) is 31.0 Å². The zero-order valence-electron chi connectivity index (χ0n) is 11.7. The molecule has 2 N–H and O–H groups in total. The van der Waals surface area contributed by atoms with Gasteiger partial charge in [0.2, 0.25) is 0 Å². The van der Waals surface area contributed by atoms with Crippen LogP contribution in [0.4, 0.5) is 0 Å². The Morgan fingerprint density at radius 2 is 2.35 bits per heavy atom. The minimum Gasteiger partial charge on any atom is -0.484 e. The van der Waals surface area contributed by atoms with E-state index >= 15 is 0 Å². The molecule has 0 saturated carbocycles. The van der Waals surface area contributed by atoms with Crippen LogP contribution in [0.5, 0.6) is 5.75 Å². The fourth-order valence-corrected chi connectivity index (χ4v) is 1.87. The molecule has 1 aromatic carbocycles. The van der Waals surface area contributed by atoms with Crippen LogP contribution in [0.2, 0.25) is 0 Å². The van der Waals surface area contributed by atoms with Crippen LogP contribution in [-0.2, 0) is 11.2 Å². The molecule has 0 spiro atoms. The molecular weight excluding hydrogens is 254 g/mol. The van der Waals surface area contributed by atoms with Crippen molar-refractivity contribution in [2.45, 2.75) is 26.3 Å². The molecule has 2 rings (SSSR count). The van der Waals surface area contributed by atoms with Gasteiger partial charge in [0.05, 0.1) is 6.04 Å². The number of aromatic nitrogens is 2. The molecule has 0 aliphatic carbocycles. The van der Waals surface area contributed by atoms with Crippen molar-refractivity contribution in [1.29, 1.82) is 0 Å². The molecule has 0 aliphatic rings. The van der Waals surface area contributed by atoms with E-state index in [-0.39, 0.29) is 18.6 Å². The summed E-state index contributed by atoms with van der Waals surface area (Å²) in [5.74, 6) is 1.27. The molecule has 1 heterocycles. The fraction of sp³-hybridized carbons (Fsp3) is 0.333. The second-order valence-electron chi connectivity index (χ2n) is 4.55. The molecule has 106 valence electrons. The molecule has 1 atom stereocenters. The van der Waals surface area contributed by atoms with Crippen LogP contribution in [0, 0.1) is 0 Å². The van der Waals surface area contributed by atoms with Crippen LogP contribution >= 0.6 is 0 Å². The van der Waals surface area contributed by atoms with Gasteiger partial charge in [0, 0.05) is 12.4 Å². The molecule has 1 unspecified atom stereocenters. The van der Waals surface area contributed by atoms with Gasteiger partial charge in [-0.2, -0.15) is 0 Å². The van der Waals surface area contributed by atoms with Gasteiger partial charge in [-0.15, -0.1) is 0 Å². The number of imidazole rings is 1. The van der Waals surface area contributed by atoms with E-state index in [1.54, 1.807) is 12.4 Å². The Bertz CT molecular complexity index is 552. The van der Waals surface area contributed by atoms with E-state index in [0.29, 0.717) is 5.75 Å². The predicted octanol–water partition coefficient (Wildman–Crippen LogP) is 2.23. The molecular formula is C15H19N3O2. The van der Waals surface area contributed by atoms with E-state index < -0.39 is 0 Å². The minimum absolute atomic E-state index is 0.00177. The molecule has 0 saturated heterocycles. The van der Waals surface area contributed by atoms with Gasteiger partial charge >= 0.3 is 0 Å². The van der Waals surface area contributed by atoms with E-state index in [9.17, 15) is 4.79 Å². The van der Waals surface area contributed by atoms with Crippen molar-refractivity contribution < 1.29 is 9.53 Å². The van der Waals surface area contributed by atoms with Crippen LogP contribution < -0.4 is 10.1 Å². The standard InChI is InChI=1S/C15H19N3O2/c1-3-12-5-4-6-13(9-12)20-10-14(19)18-11(2)15-16-7-8-17-15/h4-9,11H,3,10H2,1-2H3,(H,16,17)(H,18,19). The lowest BCUT2D eigenvalue weighted by Gasteiger charge is -2.12. The van der Waals surface area contributed by atoms with E-state index in [0.717, 1.165) is 12.2 Å². The predicted molar refractivity (Wildman–Crippen MR) is 76.5 cm³/mol. The number of carbonyl (C=O) groups excluding carboxylic acids is 1. The number of benzene rings is 1. The van der Waals surface area contributed by atoms with Gasteiger partial charge in [-0.1, -0.05) is 19.1 Å². The van der Waals surface area contributed by atoms with Crippen molar-refractivity contribution in [3.05, 3.63) is 48.0 Å². The van der Waals surface area contributed by atoms with Crippen molar-refractivity contribution in [3.8, 4) is 5.75 Å². The first-order chi connectivity index (χ1) is 9.69. The summed E-state index contributed by atoms with van der Waals surface area (Å²) >= 11 is 0. The summed E-state index contributed by atoms with van der Waals surface area (Å²) in [7, 11) is 0. The zero-order chi connectivity index (χ0) is 14.4. The number of aryl methyl sites for hydroxylation is 1. The van der Waals surface area contributed by atoms with Crippen molar-refractivity contribution >= 4 is 5.91 Å².